The lowest BCUT2D eigenvalue weighted by atomic mass is 10.1. The Bertz CT molecular complexity index is 772. The molecule has 11 heteroatoms. The highest BCUT2D eigenvalue weighted by Crippen LogP contribution is 2.17. The SMILES string of the molecule is CC(C)(C)OC(=O)N[C@H]1CN(C(O)C(=O)OCc2ccc([N+](=O)[O-])cc2)C1=O. The minimum absolute atomic E-state index is 0.0775. The Kier molecular flexibility index (Phi) is 6.19. The molecule has 1 heterocycles. The average Bonchev–Trinajstić information content (AvgIpc) is 2.60. The van der Waals surface area contributed by atoms with Gasteiger partial charge in [0, 0.05) is 12.1 Å². The summed E-state index contributed by atoms with van der Waals surface area (Å²) in [5, 5.41) is 22.9. The number of hydrogen-bond donors (Lipinski definition) is 2. The molecule has 1 aliphatic heterocycles. The lowest BCUT2D eigenvalue weighted by Gasteiger charge is -2.40. The summed E-state index contributed by atoms with van der Waals surface area (Å²) in [6.07, 6.45) is -2.59. The van der Waals surface area contributed by atoms with E-state index in [1.165, 1.54) is 24.3 Å². The molecular formula is C17H21N3O8. The van der Waals surface area contributed by atoms with Gasteiger partial charge in [0.1, 0.15) is 18.2 Å². The predicted molar refractivity (Wildman–Crippen MR) is 93.8 cm³/mol. The number of alkyl carbamates (subject to hydrolysis) is 1. The Labute approximate surface area is 160 Å². The molecule has 1 aromatic carbocycles. The molecule has 1 fully saturated rings. The molecule has 0 bridgehead atoms. The van der Waals surface area contributed by atoms with Crippen LogP contribution in [0.15, 0.2) is 24.3 Å². The number of rotatable bonds is 6. The topological polar surface area (TPSA) is 148 Å². The van der Waals surface area contributed by atoms with E-state index in [1.807, 2.05) is 0 Å². The summed E-state index contributed by atoms with van der Waals surface area (Å²) in [5.74, 6) is -1.70. The molecule has 2 N–H and O–H groups in total. The summed E-state index contributed by atoms with van der Waals surface area (Å²) >= 11 is 0. The van der Waals surface area contributed by atoms with Gasteiger partial charge in [-0.05, 0) is 38.5 Å². The molecule has 0 radical (unpaired) electrons. The highest BCUT2D eigenvalue weighted by molar-refractivity contribution is 5.94. The van der Waals surface area contributed by atoms with E-state index in [4.69, 9.17) is 9.47 Å². The molecule has 2 amide bonds. The molecular weight excluding hydrogens is 374 g/mol. The summed E-state index contributed by atoms with van der Waals surface area (Å²) in [5.41, 5.74) is -0.354. The van der Waals surface area contributed by atoms with Crippen molar-refractivity contribution < 1.29 is 33.9 Å². The third kappa shape index (κ3) is 5.39. The van der Waals surface area contributed by atoms with Crippen molar-refractivity contribution in [2.75, 3.05) is 6.54 Å². The number of esters is 1. The number of benzene rings is 1. The number of non-ortho nitro benzene ring substituents is 1. The standard InChI is InChI=1S/C17H21N3O8/c1-17(2,3)28-16(24)18-12-8-19(13(12)21)14(22)15(23)27-9-10-4-6-11(7-5-10)20(25)26/h4-7,12,14,22H,8-9H2,1-3H3,(H,18,24)/t12-,14?/m0/s1. The van der Waals surface area contributed by atoms with Crippen molar-refractivity contribution in [3.63, 3.8) is 0 Å². The smallest absolute Gasteiger partial charge is 0.408 e. The van der Waals surface area contributed by atoms with Crippen LogP contribution in [0.4, 0.5) is 10.5 Å². The van der Waals surface area contributed by atoms with Crippen LogP contribution in [0, 0.1) is 10.1 Å². The average molecular weight is 395 g/mol. The van der Waals surface area contributed by atoms with E-state index in [9.17, 15) is 29.6 Å². The fourth-order valence-electron chi connectivity index (χ4n) is 2.30. The number of carbonyl (C=O) groups is 3. The highest BCUT2D eigenvalue weighted by Gasteiger charge is 2.44. The van der Waals surface area contributed by atoms with Crippen LogP contribution in [-0.2, 0) is 25.7 Å². The number of nitrogens with zero attached hydrogens (tertiary/aromatic N) is 2. The zero-order chi connectivity index (χ0) is 21.1. The third-order valence-corrected chi connectivity index (χ3v) is 3.69. The van der Waals surface area contributed by atoms with Crippen LogP contribution < -0.4 is 5.32 Å². The van der Waals surface area contributed by atoms with Crippen molar-refractivity contribution >= 4 is 23.7 Å². The van der Waals surface area contributed by atoms with Crippen LogP contribution in [0.2, 0.25) is 0 Å². The Hall–Kier alpha value is -3.21. The molecule has 28 heavy (non-hydrogen) atoms. The Morgan fingerprint density at radius 1 is 1.36 bits per heavy atom. The number of ether oxygens (including phenoxy) is 2. The first-order valence-electron chi connectivity index (χ1n) is 8.36. The second kappa shape index (κ2) is 8.21. The lowest BCUT2D eigenvalue weighted by Crippen LogP contribution is -2.68. The summed E-state index contributed by atoms with van der Waals surface area (Å²) in [4.78, 5) is 46.4. The summed E-state index contributed by atoms with van der Waals surface area (Å²) in [6.45, 7) is 4.71. The van der Waals surface area contributed by atoms with Crippen molar-refractivity contribution in [1.29, 1.82) is 0 Å². The molecule has 1 unspecified atom stereocenters. The van der Waals surface area contributed by atoms with Gasteiger partial charge in [0.2, 0.25) is 12.1 Å². The van der Waals surface area contributed by atoms with Crippen molar-refractivity contribution in [1.82, 2.24) is 10.2 Å². The molecule has 0 aromatic heterocycles. The number of aliphatic hydroxyl groups is 1. The Morgan fingerprint density at radius 2 is 1.96 bits per heavy atom. The van der Waals surface area contributed by atoms with Gasteiger partial charge in [-0.15, -0.1) is 0 Å². The monoisotopic (exact) mass is 395 g/mol. The first-order valence-corrected chi connectivity index (χ1v) is 8.36. The van der Waals surface area contributed by atoms with E-state index in [-0.39, 0.29) is 18.8 Å². The Balaban J connectivity index is 1.80. The van der Waals surface area contributed by atoms with Crippen LogP contribution in [0.5, 0.6) is 0 Å². The molecule has 0 spiro atoms. The number of carbonyl (C=O) groups excluding carboxylic acids is 3. The molecule has 2 atom stereocenters. The molecule has 152 valence electrons. The van der Waals surface area contributed by atoms with E-state index in [2.05, 4.69) is 5.32 Å². The maximum atomic E-state index is 12.0. The van der Waals surface area contributed by atoms with Crippen LogP contribution in [0.3, 0.4) is 0 Å². The number of nitro groups is 1. The van der Waals surface area contributed by atoms with Gasteiger partial charge in [0.15, 0.2) is 0 Å². The fourth-order valence-corrected chi connectivity index (χ4v) is 2.30. The zero-order valence-electron chi connectivity index (χ0n) is 15.6. The lowest BCUT2D eigenvalue weighted by molar-refractivity contribution is -0.384. The molecule has 1 aliphatic rings. The quantitative estimate of drug-likeness (QED) is 0.309. The fraction of sp³-hybridized carbons (Fsp3) is 0.471. The number of amides is 2. The summed E-state index contributed by atoms with van der Waals surface area (Å²) in [7, 11) is 0. The minimum atomic E-state index is -1.82. The molecule has 2 rings (SSSR count). The number of likely N-dealkylation sites (tertiary alicyclic amines) is 1. The van der Waals surface area contributed by atoms with Crippen LogP contribution >= 0.6 is 0 Å². The highest BCUT2D eigenvalue weighted by atomic mass is 16.6. The summed E-state index contributed by atoms with van der Waals surface area (Å²) in [6, 6.07) is 4.43. The normalized spacial score (nSPS) is 17.4. The number of nitro benzene ring substituents is 1. The van der Waals surface area contributed by atoms with Crippen LogP contribution in [0.1, 0.15) is 26.3 Å². The van der Waals surface area contributed by atoms with Crippen molar-refractivity contribution in [3.05, 3.63) is 39.9 Å². The van der Waals surface area contributed by atoms with Gasteiger partial charge in [-0.25, -0.2) is 9.59 Å². The zero-order valence-corrected chi connectivity index (χ0v) is 15.6. The van der Waals surface area contributed by atoms with Crippen LogP contribution in [-0.4, -0.2) is 57.3 Å². The second-order valence-electron chi connectivity index (χ2n) is 7.09. The number of aliphatic hydroxyl groups excluding tert-OH is 1. The van der Waals surface area contributed by atoms with Gasteiger partial charge in [0.05, 0.1) is 11.5 Å². The van der Waals surface area contributed by atoms with Gasteiger partial charge < -0.3 is 24.8 Å². The third-order valence-electron chi connectivity index (χ3n) is 3.69. The Morgan fingerprint density at radius 3 is 2.46 bits per heavy atom. The maximum Gasteiger partial charge on any atom is 0.408 e. The molecule has 0 aliphatic carbocycles. The largest absolute Gasteiger partial charge is 0.457 e. The molecule has 0 saturated carbocycles. The van der Waals surface area contributed by atoms with Gasteiger partial charge in [0.25, 0.3) is 5.69 Å². The number of nitrogens with one attached hydrogen (secondary N) is 1. The number of β-lactam (4-membered cyclic amide) rings is 1. The van der Waals surface area contributed by atoms with E-state index < -0.39 is 40.8 Å². The van der Waals surface area contributed by atoms with Gasteiger partial charge in [-0.3, -0.25) is 14.9 Å². The number of hydrogen-bond acceptors (Lipinski definition) is 8. The van der Waals surface area contributed by atoms with E-state index >= 15 is 0 Å². The van der Waals surface area contributed by atoms with E-state index in [1.54, 1.807) is 20.8 Å². The van der Waals surface area contributed by atoms with E-state index in [0.717, 1.165) is 4.90 Å². The van der Waals surface area contributed by atoms with Crippen molar-refractivity contribution in [2.24, 2.45) is 0 Å². The van der Waals surface area contributed by atoms with Crippen LogP contribution in [0.25, 0.3) is 0 Å². The first-order chi connectivity index (χ1) is 13.0. The molecule has 11 nitrogen and oxygen atoms in total. The van der Waals surface area contributed by atoms with Gasteiger partial charge in [-0.2, -0.15) is 0 Å². The molecule has 1 saturated heterocycles. The first kappa shape index (κ1) is 21.1. The maximum absolute atomic E-state index is 12.0. The minimum Gasteiger partial charge on any atom is -0.457 e. The second-order valence-corrected chi connectivity index (χ2v) is 7.09. The van der Waals surface area contributed by atoms with Crippen molar-refractivity contribution in [2.45, 2.75) is 45.2 Å². The molecule has 1 aromatic rings. The van der Waals surface area contributed by atoms with Gasteiger partial charge in [-0.1, -0.05) is 0 Å². The van der Waals surface area contributed by atoms with Gasteiger partial charge >= 0.3 is 12.1 Å². The predicted octanol–water partition coefficient (Wildman–Crippen LogP) is 0.692. The van der Waals surface area contributed by atoms with E-state index in [0.29, 0.717) is 5.56 Å². The summed E-state index contributed by atoms with van der Waals surface area (Å²) < 4.78 is 9.94. The van der Waals surface area contributed by atoms with Crippen molar-refractivity contribution in [3.8, 4) is 0 Å².